The van der Waals surface area contributed by atoms with Gasteiger partial charge in [0.15, 0.2) is 0 Å². The van der Waals surface area contributed by atoms with Crippen LogP contribution in [-0.2, 0) is 9.53 Å². The molecule has 0 radical (unpaired) electrons. The van der Waals surface area contributed by atoms with Crippen LogP contribution in [-0.4, -0.2) is 74.8 Å². The topological polar surface area (TPSA) is 54.0 Å². The molecule has 2 saturated heterocycles. The highest BCUT2D eigenvalue weighted by Gasteiger charge is 2.34. The number of para-hydroxylation sites is 1. The molecule has 0 bridgehead atoms. The van der Waals surface area contributed by atoms with Crippen molar-refractivity contribution in [2.45, 2.75) is 19.0 Å². The van der Waals surface area contributed by atoms with Gasteiger partial charge in [0.25, 0.3) is 0 Å². The van der Waals surface area contributed by atoms with Crippen LogP contribution in [0.15, 0.2) is 24.3 Å². The second-order valence-corrected chi connectivity index (χ2v) is 6.32. The average molecular weight is 406 g/mol. The van der Waals surface area contributed by atoms with E-state index in [4.69, 9.17) is 9.47 Å². The number of nitrogens with one attached hydrogen (secondary N) is 1. The fourth-order valence-electron chi connectivity index (χ4n) is 3.55. The highest BCUT2D eigenvalue weighted by Crippen LogP contribution is 2.30. The Bertz CT molecular complexity index is 570. The lowest BCUT2D eigenvalue weighted by Crippen LogP contribution is -2.56. The lowest BCUT2D eigenvalue weighted by Gasteiger charge is -2.41. The van der Waals surface area contributed by atoms with E-state index in [1.807, 2.05) is 30.0 Å². The molecule has 0 aromatic heterocycles. The normalized spacial score (nSPS) is 21.9. The van der Waals surface area contributed by atoms with Crippen molar-refractivity contribution in [3.05, 3.63) is 29.8 Å². The number of carbonyl (C=O) groups is 1. The Morgan fingerprint density at radius 2 is 1.92 bits per heavy atom. The van der Waals surface area contributed by atoms with Gasteiger partial charge in [-0.05, 0) is 13.0 Å². The molecule has 0 spiro atoms. The molecule has 1 N–H and O–H groups in total. The molecule has 3 rings (SSSR count). The Labute approximate surface area is 168 Å². The third kappa shape index (κ3) is 5.02. The van der Waals surface area contributed by atoms with E-state index in [0.29, 0.717) is 13.2 Å². The lowest BCUT2D eigenvalue weighted by molar-refractivity contribution is -0.141. The fraction of sp³-hybridized carbons (Fsp3) is 0.611. The van der Waals surface area contributed by atoms with Crippen LogP contribution in [0.3, 0.4) is 0 Å². The number of carbonyl (C=O) groups excluding carboxylic acids is 1. The lowest BCUT2D eigenvalue weighted by atomic mass is 10.0. The van der Waals surface area contributed by atoms with Gasteiger partial charge >= 0.3 is 0 Å². The molecule has 0 aliphatic carbocycles. The van der Waals surface area contributed by atoms with Gasteiger partial charge in [-0.2, -0.15) is 0 Å². The van der Waals surface area contributed by atoms with Crippen molar-refractivity contribution >= 4 is 30.7 Å². The van der Waals surface area contributed by atoms with Crippen molar-refractivity contribution in [3.8, 4) is 5.75 Å². The number of hydrogen-bond acceptors (Lipinski definition) is 5. The molecule has 2 fully saturated rings. The van der Waals surface area contributed by atoms with Gasteiger partial charge in [-0.25, -0.2) is 0 Å². The molecule has 8 heteroatoms. The highest BCUT2D eigenvalue weighted by atomic mass is 35.5. The summed E-state index contributed by atoms with van der Waals surface area (Å²) in [5.74, 6) is 1.03. The molecule has 1 aromatic rings. The van der Waals surface area contributed by atoms with Crippen molar-refractivity contribution in [1.29, 1.82) is 0 Å². The summed E-state index contributed by atoms with van der Waals surface area (Å²) in [4.78, 5) is 17.4. The predicted molar refractivity (Wildman–Crippen MR) is 107 cm³/mol. The third-order valence-corrected chi connectivity index (χ3v) is 4.98. The van der Waals surface area contributed by atoms with Crippen LogP contribution in [0.4, 0.5) is 0 Å². The molecule has 2 aliphatic rings. The standard InChI is InChI=1S/C18H27N3O3.2ClH/c1-14(20-9-11-24-12-10-20)18(22)21-8-7-19-13-16(21)15-5-3-4-6-17(15)23-2;;/h3-6,14,16,19H,7-13H2,1-2H3;2*1H. The Morgan fingerprint density at radius 3 is 2.62 bits per heavy atom. The van der Waals surface area contributed by atoms with Crippen LogP contribution in [0.5, 0.6) is 5.75 Å². The Kier molecular flexibility index (Phi) is 9.68. The summed E-state index contributed by atoms with van der Waals surface area (Å²) in [7, 11) is 1.68. The van der Waals surface area contributed by atoms with Gasteiger partial charge in [0.05, 0.1) is 32.4 Å². The number of halogens is 2. The Balaban J connectivity index is 0.00000169. The SMILES string of the molecule is COc1ccccc1C1CNCCN1C(=O)C(C)N1CCOCC1.Cl.Cl. The zero-order chi connectivity index (χ0) is 16.9. The summed E-state index contributed by atoms with van der Waals surface area (Å²) < 4.78 is 10.9. The number of hydrogen-bond donors (Lipinski definition) is 1. The minimum atomic E-state index is -0.121. The van der Waals surface area contributed by atoms with Crippen molar-refractivity contribution < 1.29 is 14.3 Å². The van der Waals surface area contributed by atoms with Crippen LogP contribution in [0.2, 0.25) is 0 Å². The average Bonchev–Trinajstić information content (AvgIpc) is 2.67. The number of amides is 1. The third-order valence-electron chi connectivity index (χ3n) is 4.98. The summed E-state index contributed by atoms with van der Waals surface area (Å²) in [5.41, 5.74) is 1.06. The summed E-state index contributed by atoms with van der Waals surface area (Å²) in [6, 6.07) is 7.85. The van der Waals surface area contributed by atoms with E-state index in [9.17, 15) is 4.79 Å². The molecular weight excluding hydrogens is 377 g/mol. The first-order chi connectivity index (χ1) is 11.7. The predicted octanol–water partition coefficient (Wildman–Crippen LogP) is 1.73. The quantitative estimate of drug-likeness (QED) is 0.826. The van der Waals surface area contributed by atoms with Gasteiger partial charge in [0.1, 0.15) is 5.75 Å². The van der Waals surface area contributed by atoms with Crippen molar-refractivity contribution in [2.24, 2.45) is 0 Å². The fourth-order valence-corrected chi connectivity index (χ4v) is 3.55. The highest BCUT2D eigenvalue weighted by molar-refractivity contribution is 5.85. The molecule has 6 nitrogen and oxygen atoms in total. The largest absolute Gasteiger partial charge is 0.496 e. The first kappa shape index (κ1) is 23.0. The van der Waals surface area contributed by atoms with Gasteiger partial charge in [-0.1, -0.05) is 18.2 Å². The van der Waals surface area contributed by atoms with Crippen LogP contribution < -0.4 is 10.1 Å². The van der Waals surface area contributed by atoms with Gasteiger partial charge in [0.2, 0.25) is 5.91 Å². The van der Waals surface area contributed by atoms with Crippen molar-refractivity contribution in [2.75, 3.05) is 53.0 Å². The minimum Gasteiger partial charge on any atom is -0.496 e. The number of rotatable bonds is 4. The van der Waals surface area contributed by atoms with Crippen molar-refractivity contribution in [3.63, 3.8) is 0 Å². The number of piperazine rings is 1. The maximum atomic E-state index is 13.2. The van der Waals surface area contributed by atoms with Crippen LogP contribution in [0.25, 0.3) is 0 Å². The molecule has 2 atom stereocenters. The van der Waals surface area contributed by atoms with Gasteiger partial charge < -0.3 is 19.7 Å². The maximum absolute atomic E-state index is 13.2. The van der Waals surface area contributed by atoms with Gasteiger partial charge in [0, 0.05) is 38.3 Å². The number of nitrogens with zero attached hydrogens (tertiary/aromatic N) is 2. The number of morpholine rings is 1. The first-order valence-electron chi connectivity index (χ1n) is 8.68. The number of ether oxygens (including phenoxy) is 2. The summed E-state index contributed by atoms with van der Waals surface area (Å²) in [5, 5.41) is 3.40. The van der Waals surface area contributed by atoms with E-state index in [0.717, 1.165) is 44.0 Å². The summed E-state index contributed by atoms with van der Waals surface area (Å²) in [6.45, 7) is 7.35. The van der Waals surface area contributed by atoms with E-state index in [1.165, 1.54) is 0 Å². The molecule has 148 valence electrons. The van der Waals surface area contributed by atoms with E-state index < -0.39 is 0 Å². The molecule has 1 aromatic carbocycles. The number of methoxy groups -OCH3 is 1. The molecule has 2 heterocycles. The first-order valence-corrected chi connectivity index (χ1v) is 8.68. The zero-order valence-corrected chi connectivity index (χ0v) is 17.0. The van der Waals surface area contributed by atoms with E-state index in [1.54, 1.807) is 7.11 Å². The monoisotopic (exact) mass is 405 g/mol. The second kappa shape index (κ2) is 10.9. The summed E-state index contributed by atoms with van der Waals surface area (Å²) in [6.07, 6.45) is 0. The maximum Gasteiger partial charge on any atom is 0.240 e. The zero-order valence-electron chi connectivity index (χ0n) is 15.3. The van der Waals surface area contributed by atoms with Gasteiger partial charge in [-0.15, -0.1) is 24.8 Å². The molecule has 0 saturated carbocycles. The van der Waals surface area contributed by atoms with E-state index >= 15 is 0 Å². The van der Waals surface area contributed by atoms with Gasteiger partial charge in [-0.3, -0.25) is 9.69 Å². The molecule has 2 unspecified atom stereocenters. The molecular formula is C18H29Cl2N3O3. The molecule has 2 aliphatic heterocycles. The molecule has 1 amide bonds. The second-order valence-electron chi connectivity index (χ2n) is 6.32. The Morgan fingerprint density at radius 1 is 1.23 bits per heavy atom. The van der Waals surface area contributed by atoms with Crippen LogP contribution >= 0.6 is 24.8 Å². The smallest absolute Gasteiger partial charge is 0.240 e. The van der Waals surface area contributed by atoms with Crippen LogP contribution in [0.1, 0.15) is 18.5 Å². The van der Waals surface area contributed by atoms with E-state index in [-0.39, 0.29) is 42.8 Å². The minimum absolute atomic E-state index is 0. The van der Waals surface area contributed by atoms with Crippen LogP contribution in [0, 0.1) is 0 Å². The van der Waals surface area contributed by atoms with Crippen molar-refractivity contribution in [1.82, 2.24) is 15.1 Å². The summed E-state index contributed by atoms with van der Waals surface area (Å²) >= 11 is 0. The molecule has 26 heavy (non-hydrogen) atoms. The van der Waals surface area contributed by atoms with E-state index in [2.05, 4.69) is 16.3 Å². The Hall–Kier alpha value is -1.05. The number of benzene rings is 1.